The maximum absolute atomic E-state index is 13.6. The fourth-order valence-electron chi connectivity index (χ4n) is 3.70. The van der Waals surface area contributed by atoms with Crippen molar-refractivity contribution in [1.29, 1.82) is 0 Å². The summed E-state index contributed by atoms with van der Waals surface area (Å²) < 4.78 is 11.2. The second-order valence-corrected chi connectivity index (χ2v) is 7.46. The van der Waals surface area contributed by atoms with Crippen LogP contribution in [0.5, 0.6) is 11.5 Å². The molecule has 0 aromatic heterocycles. The molecule has 3 rings (SSSR count). The molecule has 5 nitrogen and oxygen atoms in total. The molecule has 1 atom stereocenters. The van der Waals surface area contributed by atoms with Crippen molar-refractivity contribution in [2.45, 2.75) is 33.2 Å². The standard InChI is InChI=1S/C24H28N2O3S/c1-5-14-26-16(3)21(23(27)17-10-8-7-9-11-17)22(25-24(26)30)18-12-13-19(29-6-2)20(15-18)28-4/h7-13,15,22H,5-6,14H2,1-4H3,(H,25,30). The Morgan fingerprint density at radius 2 is 1.87 bits per heavy atom. The van der Waals surface area contributed by atoms with E-state index in [-0.39, 0.29) is 11.8 Å². The van der Waals surface area contributed by atoms with E-state index in [0.29, 0.717) is 34.4 Å². The maximum atomic E-state index is 13.6. The highest BCUT2D eigenvalue weighted by molar-refractivity contribution is 7.80. The first kappa shape index (κ1) is 21.8. The normalized spacial score (nSPS) is 16.3. The number of allylic oxidation sites excluding steroid dienone is 1. The fraction of sp³-hybridized carbons (Fsp3) is 0.333. The Hall–Kier alpha value is -2.86. The fourth-order valence-corrected chi connectivity index (χ4v) is 4.05. The van der Waals surface area contributed by atoms with Crippen LogP contribution in [0.2, 0.25) is 0 Å². The molecule has 0 aliphatic carbocycles. The zero-order chi connectivity index (χ0) is 21.7. The molecule has 1 heterocycles. The smallest absolute Gasteiger partial charge is 0.193 e. The highest BCUT2D eigenvalue weighted by Crippen LogP contribution is 2.37. The van der Waals surface area contributed by atoms with Gasteiger partial charge >= 0.3 is 0 Å². The minimum absolute atomic E-state index is 0.0120. The molecule has 30 heavy (non-hydrogen) atoms. The number of nitrogens with zero attached hydrogens (tertiary/aromatic N) is 1. The molecule has 2 aromatic rings. The van der Waals surface area contributed by atoms with Gasteiger partial charge in [-0.25, -0.2) is 0 Å². The number of ketones is 1. The number of carbonyl (C=O) groups excluding carboxylic acids is 1. The maximum Gasteiger partial charge on any atom is 0.193 e. The zero-order valence-corrected chi connectivity index (χ0v) is 18.7. The van der Waals surface area contributed by atoms with Gasteiger partial charge in [-0.1, -0.05) is 43.3 Å². The first-order chi connectivity index (χ1) is 14.5. The van der Waals surface area contributed by atoms with Crippen molar-refractivity contribution in [1.82, 2.24) is 10.2 Å². The summed E-state index contributed by atoms with van der Waals surface area (Å²) >= 11 is 5.64. The number of methoxy groups -OCH3 is 1. The number of rotatable bonds is 8. The van der Waals surface area contributed by atoms with Crippen molar-refractivity contribution in [3.8, 4) is 11.5 Å². The second kappa shape index (κ2) is 9.76. The van der Waals surface area contributed by atoms with Gasteiger partial charge in [0.15, 0.2) is 22.4 Å². The number of benzene rings is 2. The van der Waals surface area contributed by atoms with E-state index in [9.17, 15) is 4.79 Å². The van der Waals surface area contributed by atoms with Gasteiger partial charge in [-0.15, -0.1) is 0 Å². The third-order valence-electron chi connectivity index (χ3n) is 5.14. The van der Waals surface area contributed by atoms with E-state index < -0.39 is 0 Å². The SMILES string of the molecule is CCCN1C(=S)NC(c2ccc(OCC)c(OC)c2)C(C(=O)c2ccccc2)=C1C. The van der Waals surface area contributed by atoms with Crippen LogP contribution in [0, 0.1) is 0 Å². The van der Waals surface area contributed by atoms with Crippen LogP contribution in [0.3, 0.4) is 0 Å². The van der Waals surface area contributed by atoms with Crippen LogP contribution in [-0.4, -0.2) is 36.1 Å². The first-order valence-corrected chi connectivity index (χ1v) is 10.6. The van der Waals surface area contributed by atoms with Crippen LogP contribution in [0.4, 0.5) is 0 Å². The number of nitrogens with one attached hydrogen (secondary N) is 1. The summed E-state index contributed by atoms with van der Waals surface area (Å²) in [6.45, 7) is 7.29. The van der Waals surface area contributed by atoms with Crippen LogP contribution in [0.25, 0.3) is 0 Å². The average Bonchev–Trinajstić information content (AvgIpc) is 2.77. The number of Topliss-reactive ketones (excluding diaryl/α,β-unsaturated/α-hetero) is 1. The predicted molar refractivity (Wildman–Crippen MR) is 123 cm³/mol. The summed E-state index contributed by atoms with van der Waals surface area (Å²) in [5.41, 5.74) is 3.12. The van der Waals surface area contributed by atoms with E-state index in [1.165, 1.54) is 0 Å². The lowest BCUT2D eigenvalue weighted by atomic mass is 9.89. The molecule has 158 valence electrons. The van der Waals surface area contributed by atoms with Gasteiger partial charge in [-0.2, -0.15) is 0 Å². The van der Waals surface area contributed by atoms with Crippen LogP contribution in [-0.2, 0) is 0 Å². The second-order valence-electron chi connectivity index (χ2n) is 7.07. The number of hydrogen-bond donors (Lipinski definition) is 1. The quantitative estimate of drug-likeness (QED) is 0.481. The molecule has 1 aliphatic heterocycles. The first-order valence-electron chi connectivity index (χ1n) is 10.2. The van der Waals surface area contributed by atoms with E-state index in [4.69, 9.17) is 21.7 Å². The molecular weight excluding hydrogens is 396 g/mol. The summed E-state index contributed by atoms with van der Waals surface area (Å²) in [5, 5.41) is 4.01. The third kappa shape index (κ3) is 4.33. The monoisotopic (exact) mass is 424 g/mol. The number of carbonyl (C=O) groups is 1. The largest absolute Gasteiger partial charge is 0.493 e. The predicted octanol–water partition coefficient (Wildman–Crippen LogP) is 4.89. The van der Waals surface area contributed by atoms with Gasteiger partial charge in [0.2, 0.25) is 0 Å². The molecule has 1 aliphatic rings. The molecule has 1 N–H and O–H groups in total. The Labute approximate surface area is 183 Å². The molecule has 0 fully saturated rings. The van der Waals surface area contributed by atoms with Gasteiger partial charge in [0.05, 0.1) is 19.8 Å². The summed E-state index contributed by atoms with van der Waals surface area (Å²) in [6, 6.07) is 14.7. The molecule has 0 saturated carbocycles. The Balaban J connectivity index is 2.12. The van der Waals surface area contributed by atoms with Gasteiger partial charge in [-0.05, 0) is 50.2 Å². The lowest BCUT2D eigenvalue weighted by Gasteiger charge is -2.38. The Morgan fingerprint density at radius 1 is 1.13 bits per heavy atom. The Morgan fingerprint density at radius 3 is 2.50 bits per heavy atom. The molecule has 1 unspecified atom stereocenters. The van der Waals surface area contributed by atoms with Crippen molar-refractivity contribution in [3.05, 3.63) is 70.9 Å². The van der Waals surface area contributed by atoms with Crippen molar-refractivity contribution >= 4 is 23.1 Å². The van der Waals surface area contributed by atoms with Crippen molar-refractivity contribution < 1.29 is 14.3 Å². The average molecular weight is 425 g/mol. The van der Waals surface area contributed by atoms with E-state index in [0.717, 1.165) is 24.2 Å². The molecule has 0 radical (unpaired) electrons. The highest BCUT2D eigenvalue weighted by Gasteiger charge is 2.34. The Bertz CT molecular complexity index is 956. The van der Waals surface area contributed by atoms with Gasteiger partial charge in [0.25, 0.3) is 0 Å². The number of hydrogen-bond acceptors (Lipinski definition) is 4. The van der Waals surface area contributed by atoms with Gasteiger partial charge in [0.1, 0.15) is 0 Å². The van der Waals surface area contributed by atoms with E-state index in [1.807, 2.05) is 67.3 Å². The van der Waals surface area contributed by atoms with Crippen molar-refractivity contribution in [2.75, 3.05) is 20.3 Å². The molecule has 6 heteroatoms. The summed E-state index contributed by atoms with van der Waals surface area (Å²) in [4.78, 5) is 15.6. The lowest BCUT2D eigenvalue weighted by Crippen LogP contribution is -2.47. The van der Waals surface area contributed by atoms with Crippen LogP contribution < -0.4 is 14.8 Å². The summed E-state index contributed by atoms with van der Waals surface area (Å²) in [6.07, 6.45) is 0.924. The topological polar surface area (TPSA) is 50.8 Å². The zero-order valence-electron chi connectivity index (χ0n) is 17.9. The molecule has 2 aromatic carbocycles. The number of ether oxygens (including phenoxy) is 2. The van der Waals surface area contributed by atoms with Crippen molar-refractivity contribution in [3.63, 3.8) is 0 Å². The summed E-state index contributed by atoms with van der Waals surface area (Å²) in [7, 11) is 1.61. The van der Waals surface area contributed by atoms with Crippen LogP contribution in [0.15, 0.2) is 59.8 Å². The highest BCUT2D eigenvalue weighted by atomic mass is 32.1. The van der Waals surface area contributed by atoms with E-state index in [1.54, 1.807) is 7.11 Å². The molecule has 0 spiro atoms. The van der Waals surface area contributed by atoms with Gasteiger partial charge < -0.3 is 19.7 Å². The molecular formula is C24H28N2O3S. The van der Waals surface area contributed by atoms with Crippen LogP contribution in [0.1, 0.15) is 49.2 Å². The van der Waals surface area contributed by atoms with Crippen molar-refractivity contribution in [2.24, 2.45) is 0 Å². The lowest BCUT2D eigenvalue weighted by molar-refractivity contribution is 0.102. The van der Waals surface area contributed by atoms with E-state index >= 15 is 0 Å². The van der Waals surface area contributed by atoms with E-state index in [2.05, 4.69) is 12.2 Å². The molecule has 0 saturated heterocycles. The third-order valence-corrected chi connectivity index (χ3v) is 5.48. The minimum atomic E-state index is -0.372. The van der Waals surface area contributed by atoms with Gasteiger partial charge in [-0.3, -0.25) is 4.79 Å². The van der Waals surface area contributed by atoms with Crippen LogP contribution >= 0.6 is 12.2 Å². The molecule has 0 bridgehead atoms. The Kier molecular flexibility index (Phi) is 7.11. The minimum Gasteiger partial charge on any atom is -0.493 e. The molecule has 0 amide bonds. The number of thiocarbonyl (C=S) groups is 1. The van der Waals surface area contributed by atoms with Gasteiger partial charge in [0, 0.05) is 23.4 Å². The summed E-state index contributed by atoms with van der Waals surface area (Å²) in [5.74, 6) is 1.29.